The number of aromatic nitrogens is 2. The summed E-state index contributed by atoms with van der Waals surface area (Å²) in [6.45, 7) is 2.56. The molecule has 0 saturated heterocycles. The number of nitrogens with zero attached hydrogens (tertiary/aromatic N) is 2. The molecule has 0 aliphatic heterocycles. The smallest absolute Gasteiger partial charge is 0.0862 e. The minimum absolute atomic E-state index is 0.375. The molecule has 4 fully saturated rings. The van der Waals surface area contributed by atoms with Crippen LogP contribution in [0.2, 0.25) is 0 Å². The number of rotatable bonds is 6. The van der Waals surface area contributed by atoms with Gasteiger partial charge in [-0.1, -0.05) is 4.49 Å². The summed E-state index contributed by atoms with van der Waals surface area (Å²) in [7, 11) is 1.75. The first-order valence-electron chi connectivity index (χ1n) is 8.30. The fourth-order valence-corrected chi connectivity index (χ4v) is 6.24. The number of hydrogen-bond donors (Lipinski definition) is 1. The molecule has 0 atom stereocenters. The van der Waals surface area contributed by atoms with E-state index in [0.717, 1.165) is 37.5 Å². The van der Waals surface area contributed by atoms with Crippen LogP contribution in [0.3, 0.4) is 0 Å². The van der Waals surface area contributed by atoms with Crippen LogP contribution >= 0.6 is 11.5 Å². The topological polar surface area (TPSA) is 47.0 Å². The van der Waals surface area contributed by atoms with E-state index < -0.39 is 0 Å². The Bertz CT molecular complexity index is 466. The van der Waals surface area contributed by atoms with E-state index >= 15 is 0 Å². The van der Waals surface area contributed by atoms with Crippen molar-refractivity contribution in [3.63, 3.8) is 0 Å². The molecule has 4 aliphatic carbocycles. The number of hydrogen-bond acceptors (Lipinski definition) is 5. The number of ether oxygens (including phenoxy) is 1. The molecule has 4 aliphatic rings. The van der Waals surface area contributed by atoms with Crippen LogP contribution in [0, 0.1) is 17.8 Å². The highest BCUT2D eigenvalue weighted by Crippen LogP contribution is 2.60. The maximum absolute atomic E-state index is 5.10. The van der Waals surface area contributed by atoms with Crippen LogP contribution in [0.4, 0.5) is 0 Å². The average Bonchev–Trinajstić information content (AvgIpc) is 2.91. The Labute approximate surface area is 130 Å². The van der Waals surface area contributed by atoms with Gasteiger partial charge in [0.15, 0.2) is 0 Å². The van der Waals surface area contributed by atoms with E-state index in [1.165, 1.54) is 49.1 Å². The Morgan fingerprint density at radius 2 is 1.86 bits per heavy atom. The highest BCUT2D eigenvalue weighted by molar-refractivity contribution is 7.05. The molecule has 0 unspecified atom stereocenters. The highest BCUT2D eigenvalue weighted by atomic mass is 32.1. The van der Waals surface area contributed by atoms with Crippen LogP contribution in [-0.4, -0.2) is 29.8 Å². The molecular formula is C16H25N3OS. The maximum atomic E-state index is 5.10. The molecule has 1 N–H and O–H groups in total. The van der Waals surface area contributed by atoms with Crippen molar-refractivity contribution in [1.29, 1.82) is 0 Å². The summed E-state index contributed by atoms with van der Waals surface area (Å²) in [6.07, 6.45) is 8.56. The van der Waals surface area contributed by atoms with Crippen LogP contribution in [0.5, 0.6) is 0 Å². The van der Waals surface area contributed by atoms with Gasteiger partial charge in [-0.15, -0.1) is 5.10 Å². The Balaban J connectivity index is 1.52. The molecule has 1 heterocycles. The first-order chi connectivity index (χ1) is 10.3. The van der Waals surface area contributed by atoms with E-state index in [-0.39, 0.29) is 0 Å². The van der Waals surface area contributed by atoms with Gasteiger partial charge in [0.2, 0.25) is 0 Å². The van der Waals surface area contributed by atoms with Gasteiger partial charge >= 0.3 is 0 Å². The summed E-state index contributed by atoms with van der Waals surface area (Å²) in [5.41, 5.74) is 1.72. The first-order valence-corrected chi connectivity index (χ1v) is 9.08. The summed E-state index contributed by atoms with van der Waals surface area (Å²) >= 11 is 1.59. The van der Waals surface area contributed by atoms with Crippen molar-refractivity contribution in [2.75, 3.05) is 20.3 Å². The van der Waals surface area contributed by atoms with Gasteiger partial charge in [-0.25, -0.2) is 0 Å². The lowest BCUT2D eigenvalue weighted by Gasteiger charge is -2.56. The summed E-state index contributed by atoms with van der Waals surface area (Å²) in [5.74, 6) is 2.90. The van der Waals surface area contributed by atoms with E-state index in [2.05, 4.69) is 14.9 Å². The normalized spacial score (nSPS) is 37.3. The van der Waals surface area contributed by atoms with Crippen LogP contribution in [-0.2, 0) is 16.7 Å². The molecule has 5 rings (SSSR count). The summed E-state index contributed by atoms with van der Waals surface area (Å²) in [6, 6.07) is 0. The average molecular weight is 307 g/mol. The number of methoxy groups -OCH3 is 1. The zero-order valence-corrected chi connectivity index (χ0v) is 13.6. The van der Waals surface area contributed by atoms with Crippen molar-refractivity contribution >= 4 is 11.5 Å². The summed E-state index contributed by atoms with van der Waals surface area (Å²) in [4.78, 5) is 1.37. The Kier molecular flexibility index (Phi) is 3.76. The predicted octanol–water partition coefficient (Wildman–Crippen LogP) is 2.74. The molecule has 0 aromatic carbocycles. The summed E-state index contributed by atoms with van der Waals surface area (Å²) in [5, 5.41) is 8.07. The first kappa shape index (κ1) is 14.1. The van der Waals surface area contributed by atoms with E-state index in [1.54, 1.807) is 18.6 Å². The zero-order chi connectivity index (χ0) is 14.3. The fourth-order valence-electron chi connectivity index (χ4n) is 5.50. The second-order valence-corrected chi connectivity index (χ2v) is 8.25. The van der Waals surface area contributed by atoms with Crippen molar-refractivity contribution in [3.8, 4) is 0 Å². The van der Waals surface area contributed by atoms with Gasteiger partial charge in [-0.3, -0.25) is 0 Å². The van der Waals surface area contributed by atoms with Gasteiger partial charge in [0.25, 0.3) is 0 Å². The van der Waals surface area contributed by atoms with Crippen molar-refractivity contribution in [2.45, 2.75) is 50.5 Å². The minimum atomic E-state index is 0.375. The third-order valence-corrected chi connectivity index (χ3v) is 6.59. The van der Waals surface area contributed by atoms with Crippen LogP contribution in [0.15, 0.2) is 0 Å². The van der Waals surface area contributed by atoms with E-state index in [1.807, 2.05) is 0 Å². The molecule has 1 aromatic rings. The SMILES string of the molecule is COCCNCc1snnc1C12CC3CC(CC(C3)C1)C2. The predicted molar refractivity (Wildman–Crippen MR) is 83.3 cm³/mol. The van der Waals surface area contributed by atoms with Gasteiger partial charge in [-0.2, -0.15) is 0 Å². The Morgan fingerprint density at radius 3 is 2.48 bits per heavy atom. The molecule has 4 saturated carbocycles. The molecule has 0 amide bonds. The Morgan fingerprint density at radius 1 is 1.19 bits per heavy atom. The molecule has 21 heavy (non-hydrogen) atoms. The molecule has 4 bridgehead atoms. The maximum Gasteiger partial charge on any atom is 0.0862 e. The lowest BCUT2D eigenvalue weighted by molar-refractivity contribution is -0.00762. The van der Waals surface area contributed by atoms with Crippen molar-refractivity contribution in [2.24, 2.45) is 17.8 Å². The van der Waals surface area contributed by atoms with Crippen LogP contribution < -0.4 is 5.32 Å². The van der Waals surface area contributed by atoms with E-state index in [9.17, 15) is 0 Å². The number of nitrogens with one attached hydrogen (secondary N) is 1. The van der Waals surface area contributed by atoms with Crippen LogP contribution in [0.1, 0.15) is 49.1 Å². The van der Waals surface area contributed by atoms with Gasteiger partial charge in [0.05, 0.1) is 17.2 Å². The molecule has 4 nitrogen and oxygen atoms in total. The van der Waals surface area contributed by atoms with E-state index in [4.69, 9.17) is 4.74 Å². The molecule has 0 spiro atoms. The molecule has 1 aromatic heterocycles. The van der Waals surface area contributed by atoms with Crippen molar-refractivity contribution in [1.82, 2.24) is 14.9 Å². The molecule has 116 valence electrons. The lowest BCUT2D eigenvalue weighted by Crippen LogP contribution is -2.49. The Hall–Kier alpha value is -0.520. The van der Waals surface area contributed by atoms with Gasteiger partial charge < -0.3 is 10.1 Å². The van der Waals surface area contributed by atoms with Crippen LogP contribution in [0.25, 0.3) is 0 Å². The van der Waals surface area contributed by atoms with Crippen molar-refractivity contribution in [3.05, 3.63) is 10.6 Å². The largest absolute Gasteiger partial charge is 0.383 e. The van der Waals surface area contributed by atoms with Gasteiger partial charge in [0.1, 0.15) is 0 Å². The molecular weight excluding hydrogens is 282 g/mol. The second-order valence-electron chi connectivity index (χ2n) is 7.41. The van der Waals surface area contributed by atoms with Gasteiger partial charge in [-0.05, 0) is 67.8 Å². The fraction of sp³-hybridized carbons (Fsp3) is 0.875. The highest BCUT2D eigenvalue weighted by Gasteiger charge is 2.53. The summed E-state index contributed by atoms with van der Waals surface area (Å²) < 4.78 is 9.40. The minimum Gasteiger partial charge on any atom is -0.383 e. The standard InChI is InChI=1S/C16H25N3OS/c1-20-3-2-17-10-14-15(18-19-21-14)16-7-11-4-12(8-16)6-13(5-11)9-16/h11-13,17H,2-10H2,1H3. The third kappa shape index (κ3) is 2.53. The monoisotopic (exact) mass is 307 g/mol. The quantitative estimate of drug-likeness (QED) is 0.821. The zero-order valence-electron chi connectivity index (χ0n) is 12.8. The van der Waals surface area contributed by atoms with Gasteiger partial charge in [0, 0.05) is 25.6 Å². The third-order valence-electron chi connectivity index (χ3n) is 5.87. The lowest BCUT2D eigenvalue weighted by atomic mass is 9.48. The second kappa shape index (κ2) is 5.60. The van der Waals surface area contributed by atoms with Crippen molar-refractivity contribution < 1.29 is 4.74 Å². The molecule has 5 heteroatoms. The molecule has 0 radical (unpaired) electrons. The van der Waals surface area contributed by atoms with E-state index in [0.29, 0.717) is 5.41 Å².